The van der Waals surface area contributed by atoms with Crippen LogP contribution in [0.25, 0.3) is 0 Å². The van der Waals surface area contributed by atoms with E-state index in [1.807, 2.05) is 35.2 Å². The lowest BCUT2D eigenvalue weighted by atomic mass is 10.0. The van der Waals surface area contributed by atoms with Crippen LogP contribution in [0.1, 0.15) is 31.4 Å². The molecule has 110 valence electrons. The Hall–Kier alpha value is -1.00. The molecule has 1 aromatic carbocycles. The fraction of sp³-hybridized carbons (Fsp3) is 0.562. The summed E-state index contributed by atoms with van der Waals surface area (Å²) in [5.74, 6) is 1.87. The number of hydrogen-bond acceptors (Lipinski definition) is 3. The molecule has 1 N–H and O–H groups in total. The van der Waals surface area contributed by atoms with Gasteiger partial charge in [-0.15, -0.1) is 11.8 Å². The summed E-state index contributed by atoms with van der Waals surface area (Å²) in [5.41, 5.74) is 0.916. The van der Waals surface area contributed by atoms with E-state index in [1.165, 1.54) is 18.2 Å². The highest BCUT2D eigenvalue weighted by molar-refractivity contribution is 7.99. The molecule has 0 radical (unpaired) electrons. The Morgan fingerprint density at radius 1 is 1.45 bits per heavy atom. The van der Waals surface area contributed by atoms with Crippen LogP contribution in [0.2, 0.25) is 0 Å². The highest BCUT2D eigenvalue weighted by Gasteiger charge is 2.20. The van der Waals surface area contributed by atoms with Crippen LogP contribution in [-0.4, -0.2) is 40.5 Å². The summed E-state index contributed by atoms with van der Waals surface area (Å²) in [6.07, 6.45) is 1.85. The molecule has 2 rings (SSSR count). The van der Waals surface area contributed by atoms with Crippen molar-refractivity contribution in [2.24, 2.45) is 5.92 Å². The van der Waals surface area contributed by atoms with Gasteiger partial charge < -0.3 is 10.0 Å². The summed E-state index contributed by atoms with van der Waals surface area (Å²) in [7, 11) is 0. The number of nitrogens with zero attached hydrogens (tertiary/aromatic N) is 1. The molecule has 1 aliphatic rings. The van der Waals surface area contributed by atoms with E-state index in [4.69, 9.17) is 0 Å². The summed E-state index contributed by atoms with van der Waals surface area (Å²) in [4.78, 5) is 14.1. The van der Waals surface area contributed by atoms with Crippen molar-refractivity contribution in [3.63, 3.8) is 0 Å². The van der Waals surface area contributed by atoms with Crippen molar-refractivity contribution >= 4 is 17.7 Å². The topological polar surface area (TPSA) is 40.5 Å². The van der Waals surface area contributed by atoms with E-state index >= 15 is 0 Å². The number of carbonyl (C=O) groups excluding carboxylic acids is 1. The number of aliphatic hydroxyl groups is 1. The third kappa shape index (κ3) is 4.53. The van der Waals surface area contributed by atoms with Crippen molar-refractivity contribution in [1.29, 1.82) is 0 Å². The lowest BCUT2D eigenvalue weighted by Crippen LogP contribution is -2.40. The quantitative estimate of drug-likeness (QED) is 0.907. The van der Waals surface area contributed by atoms with E-state index in [9.17, 15) is 9.90 Å². The van der Waals surface area contributed by atoms with Gasteiger partial charge in [0.15, 0.2) is 0 Å². The Kier molecular flexibility index (Phi) is 5.92. The maximum atomic E-state index is 12.1. The Morgan fingerprint density at radius 3 is 2.90 bits per heavy atom. The van der Waals surface area contributed by atoms with E-state index in [2.05, 4.69) is 6.92 Å². The molecule has 0 aromatic heterocycles. The minimum atomic E-state index is -0.491. The molecule has 3 nitrogen and oxygen atoms in total. The van der Waals surface area contributed by atoms with E-state index in [0.29, 0.717) is 17.4 Å². The van der Waals surface area contributed by atoms with Gasteiger partial charge in [0, 0.05) is 18.8 Å². The fourth-order valence-corrected chi connectivity index (χ4v) is 3.43. The second-order valence-corrected chi connectivity index (χ2v) is 6.56. The molecular formula is C16H23NO2S. The normalized spacial score (nSPS) is 20.7. The Balaban J connectivity index is 1.71. The van der Waals surface area contributed by atoms with Gasteiger partial charge >= 0.3 is 0 Å². The van der Waals surface area contributed by atoms with E-state index in [-0.39, 0.29) is 5.91 Å². The van der Waals surface area contributed by atoms with Gasteiger partial charge in [-0.25, -0.2) is 0 Å². The SMILES string of the molecule is CC1CCCN(C(=O)CSCC(O)c2ccccc2)C1. The van der Waals surface area contributed by atoms with Gasteiger partial charge in [-0.05, 0) is 24.3 Å². The number of amides is 1. The average Bonchev–Trinajstić information content (AvgIpc) is 2.48. The summed E-state index contributed by atoms with van der Waals surface area (Å²) < 4.78 is 0. The average molecular weight is 293 g/mol. The first-order chi connectivity index (χ1) is 9.66. The van der Waals surface area contributed by atoms with Crippen LogP contribution < -0.4 is 0 Å². The van der Waals surface area contributed by atoms with Crippen LogP contribution in [-0.2, 0) is 4.79 Å². The predicted molar refractivity (Wildman–Crippen MR) is 83.7 cm³/mol. The van der Waals surface area contributed by atoms with Crippen molar-refractivity contribution in [2.45, 2.75) is 25.9 Å². The summed E-state index contributed by atoms with van der Waals surface area (Å²) in [6.45, 7) is 3.98. The molecule has 4 heteroatoms. The lowest BCUT2D eigenvalue weighted by molar-refractivity contribution is -0.130. The molecule has 1 amide bonds. The molecule has 0 spiro atoms. The number of rotatable bonds is 5. The predicted octanol–water partition coefficient (Wildman–Crippen LogP) is 2.71. The van der Waals surface area contributed by atoms with Crippen LogP contribution >= 0.6 is 11.8 Å². The third-order valence-electron chi connectivity index (χ3n) is 3.70. The molecular weight excluding hydrogens is 270 g/mol. The first kappa shape index (κ1) is 15.4. The number of likely N-dealkylation sites (tertiary alicyclic amines) is 1. The molecule has 2 unspecified atom stereocenters. The Labute approximate surface area is 125 Å². The number of aliphatic hydroxyl groups excluding tert-OH is 1. The zero-order valence-electron chi connectivity index (χ0n) is 12.0. The molecule has 20 heavy (non-hydrogen) atoms. The monoisotopic (exact) mass is 293 g/mol. The van der Waals surface area contributed by atoms with Gasteiger partial charge in [0.2, 0.25) is 5.91 Å². The van der Waals surface area contributed by atoms with E-state index in [0.717, 1.165) is 25.1 Å². The van der Waals surface area contributed by atoms with Crippen LogP contribution in [0.4, 0.5) is 0 Å². The van der Waals surface area contributed by atoms with Crippen molar-refractivity contribution in [3.05, 3.63) is 35.9 Å². The Morgan fingerprint density at radius 2 is 2.20 bits per heavy atom. The zero-order valence-corrected chi connectivity index (χ0v) is 12.8. The molecule has 1 aliphatic heterocycles. The maximum absolute atomic E-state index is 12.1. The van der Waals surface area contributed by atoms with E-state index < -0.39 is 6.10 Å². The highest BCUT2D eigenvalue weighted by Crippen LogP contribution is 2.20. The molecule has 0 saturated carbocycles. The van der Waals surface area contributed by atoms with Crippen molar-refractivity contribution < 1.29 is 9.90 Å². The summed E-state index contributed by atoms with van der Waals surface area (Å²) in [5, 5.41) is 10.0. The first-order valence-electron chi connectivity index (χ1n) is 7.25. The van der Waals surface area contributed by atoms with Gasteiger partial charge in [0.1, 0.15) is 0 Å². The Bertz CT molecular complexity index is 424. The highest BCUT2D eigenvalue weighted by atomic mass is 32.2. The summed E-state index contributed by atoms with van der Waals surface area (Å²) in [6, 6.07) is 9.61. The minimum Gasteiger partial charge on any atom is -0.388 e. The minimum absolute atomic E-state index is 0.210. The molecule has 2 atom stereocenters. The van der Waals surface area contributed by atoms with Crippen molar-refractivity contribution in [2.75, 3.05) is 24.6 Å². The number of hydrogen-bond donors (Lipinski definition) is 1. The van der Waals surface area contributed by atoms with Crippen LogP contribution in [0.5, 0.6) is 0 Å². The second-order valence-electron chi connectivity index (χ2n) is 5.53. The van der Waals surface area contributed by atoms with Gasteiger partial charge in [0.25, 0.3) is 0 Å². The fourth-order valence-electron chi connectivity index (χ4n) is 2.54. The lowest BCUT2D eigenvalue weighted by Gasteiger charge is -2.31. The number of piperidine rings is 1. The van der Waals surface area contributed by atoms with Gasteiger partial charge in [-0.3, -0.25) is 4.79 Å². The number of carbonyl (C=O) groups is 1. The van der Waals surface area contributed by atoms with Gasteiger partial charge in [0.05, 0.1) is 11.9 Å². The molecule has 0 bridgehead atoms. The van der Waals surface area contributed by atoms with Crippen molar-refractivity contribution in [1.82, 2.24) is 4.90 Å². The molecule has 1 saturated heterocycles. The summed E-state index contributed by atoms with van der Waals surface area (Å²) >= 11 is 1.52. The largest absolute Gasteiger partial charge is 0.388 e. The second kappa shape index (κ2) is 7.70. The zero-order chi connectivity index (χ0) is 14.4. The maximum Gasteiger partial charge on any atom is 0.232 e. The molecule has 0 aliphatic carbocycles. The smallest absolute Gasteiger partial charge is 0.232 e. The molecule has 1 aromatic rings. The number of thioether (sulfide) groups is 1. The molecule has 1 fully saturated rings. The van der Waals surface area contributed by atoms with Crippen LogP contribution in [0.15, 0.2) is 30.3 Å². The first-order valence-corrected chi connectivity index (χ1v) is 8.41. The molecule has 1 heterocycles. The van der Waals surface area contributed by atoms with Gasteiger partial charge in [-0.1, -0.05) is 37.3 Å². The third-order valence-corrected chi connectivity index (χ3v) is 4.70. The van der Waals surface area contributed by atoms with E-state index in [1.54, 1.807) is 0 Å². The standard InChI is InChI=1S/C16H23NO2S/c1-13-6-5-9-17(10-13)16(19)12-20-11-15(18)14-7-3-2-4-8-14/h2-4,7-8,13,15,18H,5-6,9-12H2,1H3. The van der Waals surface area contributed by atoms with Crippen LogP contribution in [0, 0.1) is 5.92 Å². The van der Waals surface area contributed by atoms with Gasteiger partial charge in [-0.2, -0.15) is 0 Å². The number of benzene rings is 1. The van der Waals surface area contributed by atoms with Crippen molar-refractivity contribution in [3.8, 4) is 0 Å². The van der Waals surface area contributed by atoms with Crippen LogP contribution in [0.3, 0.4) is 0 Å².